The highest BCUT2D eigenvalue weighted by atomic mass is 15.1. The molecule has 0 amide bonds. The summed E-state index contributed by atoms with van der Waals surface area (Å²) in [6.07, 6.45) is 15.1. The topological polar surface area (TPSA) is 15.3 Å². The maximum absolute atomic E-state index is 5.36. The fraction of sp³-hybridized carbons (Fsp3) is 0.882. The van der Waals surface area contributed by atoms with Crippen molar-refractivity contribution in [3.05, 3.63) is 0 Å². The van der Waals surface area contributed by atoms with Crippen LogP contribution in [-0.2, 0) is 0 Å². The van der Waals surface area contributed by atoms with Crippen molar-refractivity contribution in [2.75, 3.05) is 26.2 Å². The van der Waals surface area contributed by atoms with Crippen LogP contribution >= 0.6 is 0 Å². The van der Waals surface area contributed by atoms with E-state index in [4.69, 9.17) is 6.42 Å². The van der Waals surface area contributed by atoms with E-state index in [1.165, 1.54) is 64.6 Å². The smallest absolute Gasteiger partial charge is 0.0598 e. The van der Waals surface area contributed by atoms with Gasteiger partial charge in [-0.05, 0) is 37.6 Å². The van der Waals surface area contributed by atoms with Crippen molar-refractivity contribution in [2.45, 2.75) is 57.9 Å². The molecule has 0 radical (unpaired) electrons. The molecule has 2 aliphatic rings. The first-order chi connectivity index (χ1) is 9.28. The summed E-state index contributed by atoms with van der Waals surface area (Å²) < 4.78 is 0. The molecule has 0 aromatic rings. The molecule has 0 bridgehead atoms. The molecule has 0 spiro atoms. The quantitative estimate of drug-likeness (QED) is 0.766. The molecule has 0 unspecified atom stereocenters. The van der Waals surface area contributed by atoms with Crippen LogP contribution in [0, 0.1) is 24.2 Å². The summed E-state index contributed by atoms with van der Waals surface area (Å²) >= 11 is 0. The highest BCUT2D eigenvalue weighted by Gasteiger charge is 2.20. The van der Waals surface area contributed by atoms with Gasteiger partial charge in [0.25, 0.3) is 0 Å². The third-order valence-electron chi connectivity index (χ3n) is 5.02. The van der Waals surface area contributed by atoms with Crippen molar-refractivity contribution < 1.29 is 0 Å². The van der Waals surface area contributed by atoms with Gasteiger partial charge in [0, 0.05) is 19.1 Å². The lowest BCUT2D eigenvalue weighted by atomic mass is 9.81. The molecule has 0 atom stereocenters. The van der Waals surface area contributed by atoms with Crippen molar-refractivity contribution in [3.8, 4) is 12.3 Å². The Kier molecular flexibility index (Phi) is 6.20. The summed E-state index contributed by atoms with van der Waals surface area (Å²) in [5, 5.41) is 3.76. The number of hydrogen-bond donors (Lipinski definition) is 1. The molecule has 0 aromatic carbocycles. The molecule has 19 heavy (non-hydrogen) atoms. The second-order valence-corrected chi connectivity index (χ2v) is 6.62. The molecule has 108 valence electrons. The standard InChI is InChI=1S/C17H30N2/c1-3-12-19-13-9-17(10-14-19)18-11-8-16-6-4-15(2)5-7-16/h1,15-18H,4-14H2,2H3. The lowest BCUT2D eigenvalue weighted by Crippen LogP contribution is -2.43. The van der Waals surface area contributed by atoms with Gasteiger partial charge in [0.1, 0.15) is 0 Å². The Balaban J connectivity index is 1.53. The van der Waals surface area contributed by atoms with Crippen LogP contribution in [-0.4, -0.2) is 37.1 Å². The highest BCUT2D eigenvalue weighted by Crippen LogP contribution is 2.30. The van der Waals surface area contributed by atoms with Gasteiger partial charge in [0.2, 0.25) is 0 Å². The van der Waals surface area contributed by atoms with Gasteiger partial charge in [-0.3, -0.25) is 4.90 Å². The molecule has 2 rings (SSSR count). The Morgan fingerprint density at radius 2 is 1.79 bits per heavy atom. The van der Waals surface area contributed by atoms with Crippen LogP contribution < -0.4 is 5.32 Å². The number of piperidine rings is 1. The van der Waals surface area contributed by atoms with Crippen molar-refractivity contribution in [1.29, 1.82) is 0 Å². The van der Waals surface area contributed by atoms with E-state index in [2.05, 4.69) is 23.1 Å². The molecule has 1 saturated carbocycles. The van der Waals surface area contributed by atoms with E-state index in [0.717, 1.165) is 24.4 Å². The zero-order chi connectivity index (χ0) is 13.5. The van der Waals surface area contributed by atoms with Gasteiger partial charge in [-0.25, -0.2) is 0 Å². The Morgan fingerprint density at radius 1 is 1.11 bits per heavy atom. The summed E-state index contributed by atoms with van der Waals surface area (Å²) in [6.45, 7) is 6.79. The van der Waals surface area contributed by atoms with Crippen LogP contribution in [0.15, 0.2) is 0 Å². The van der Waals surface area contributed by atoms with Crippen molar-refractivity contribution in [2.24, 2.45) is 11.8 Å². The van der Waals surface area contributed by atoms with E-state index < -0.39 is 0 Å². The second-order valence-electron chi connectivity index (χ2n) is 6.62. The Hall–Kier alpha value is -0.520. The largest absolute Gasteiger partial charge is 0.314 e. The van der Waals surface area contributed by atoms with E-state index in [1.807, 2.05) is 0 Å². The number of rotatable bonds is 5. The molecule has 1 heterocycles. The SMILES string of the molecule is C#CCN1CCC(NCCC2CCC(C)CC2)CC1. The number of likely N-dealkylation sites (tertiary alicyclic amines) is 1. The van der Waals surface area contributed by atoms with E-state index in [9.17, 15) is 0 Å². The minimum Gasteiger partial charge on any atom is -0.314 e. The van der Waals surface area contributed by atoms with Crippen LogP contribution in [0.2, 0.25) is 0 Å². The summed E-state index contributed by atoms with van der Waals surface area (Å²) in [5.41, 5.74) is 0. The summed E-state index contributed by atoms with van der Waals surface area (Å²) in [6, 6.07) is 0.733. The van der Waals surface area contributed by atoms with E-state index in [1.54, 1.807) is 0 Å². The van der Waals surface area contributed by atoms with Crippen molar-refractivity contribution >= 4 is 0 Å². The summed E-state index contributed by atoms with van der Waals surface area (Å²) in [7, 11) is 0. The predicted molar refractivity (Wildman–Crippen MR) is 82.0 cm³/mol. The fourth-order valence-corrected chi connectivity index (χ4v) is 3.53. The van der Waals surface area contributed by atoms with Crippen LogP contribution in [0.3, 0.4) is 0 Å². The van der Waals surface area contributed by atoms with Gasteiger partial charge in [0.05, 0.1) is 6.54 Å². The summed E-state index contributed by atoms with van der Waals surface area (Å²) in [5.74, 6) is 4.71. The molecule has 2 heteroatoms. The zero-order valence-corrected chi connectivity index (χ0v) is 12.5. The monoisotopic (exact) mass is 262 g/mol. The molecule has 1 aliphatic carbocycles. The van der Waals surface area contributed by atoms with Crippen LogP contribution in [0.5, 0.6) is 0 Å². The highest BCUT2D eigenvalue weighted by molar-refractivity contribution is 4.90. The van der Waals surface area contributed by atoms with Crippen molar-refractivity contribution in [1.82, 2.24) is 10.2 Å². The number of hydrogen-bond acceptors (Lipinski definition) is 2. The molecule has 1 saturated heterocycles. The average Bonchev–Trinajstić information content (AvgIpc) is 2.43. The number of terminal acetylenes is 1. The lowest BCUT2D eigenvalue weighted by Gasteiger charge is -2.32. The first-order valence-corrected chi connectivity index (χ1v) is 8.17. The Morgan fingerprint density at radius 3 is 2.42 bits per heavy atom. The van der Waals surface area contributed by atoms with Gasteiger partial charge in [-0.2, -0.15) is 0 Å². The third-order valence-corrected chi connectivity index (χ3v) is 5.02. The van der Waals surface area contributed by atoms with E-state index in [0.29, 0.717) is 0 Å². The predicted octanol–water partition coefficient (Wildman–Crippen LogP) is 2.89. The van der Waals surface area contributed by atoms with Gasteiger partial charge >= 0.3 is 0 Å². The molecule has 1 aliphatic heterocycles. The number of nitrogens with one attached hydrogen (secondary N) is 1. The third kappa shape index (κ3) is 5.16. The first-order valence-electron chi connectivity index (χ1n) is 8.17. The fourth-order valence-electron chi connectivity index (χ4n) is 3.53. The van der Waals surface area contributed by atoms with E-state index in [-0.39, 0.29) is 0 Å². The minimum absolute atomic E-state index is 0.733. The molecular formula is C17H30N2. The maximum atomic E-state index is 5.36. The first kappa shape index (κ1) is 14.9. The lowest BCUT2D eigenvalue weighted by molar-refractivity contribution is 0.212. The van der Waals surface area contributed by atoms with Crippen LogP contribution in [0.1, 0.15) is 51.9 Å². The minimum atomic E-state index is 0.733. The molecule has 0 aromatic heterocycles. The van der Waals surface area contributed by atoms with E-state index >= 15 is 0 Å². The second kappa shape index (κ2) is 7.92. The Bertz CT molecular complexity index is 278. The Labute approximate surface area is 119 Å². The van der Waals surface area contributed by atoms with Gasteiger partial charge in [0.15, 0.2) is 0 Å². The van der Waals surface area contributed by atoms with Gasteiger partial charge in [-0.15, -0.1) is 6.42 Å². The summed E-state index contributed by atoms with van der Waals surface area (Å²) in [4.78, 5) is 2.39. The molecule has 1 N–H and O–H groups in total. The van der Waals surface area contributed by atoms with Gasteiger partial charge < -0.3 is 5.32 Å². The number of nitrogens with zero attached hydrogens (tertiary/aromatic N) is 1. The normalized spacial score (nSPS) is 30.1. The van der Waals surface area contributed by atoms with Crippen molar-refractivity contribution in [3.63, 3.8) is 0 Å². The zero-order valence-electron chi connectivity index (χ0n) is 12.5. The molecule has 2 nitrogen and oxygen atoms in total. The van der Waals surface area contributed by atoms with Crippen LogP contribution in [0.25, 0.3) is 0 Å². The average molecular weight is 262 g/mol. The molecular weight excluding hydrogens is 232 g/mol. The maximum Gasteiger partial charge on any atom is 0.0598 e. The molecule has 2 fully saturated rings. The van der Waals surface area contributed by atoms with Gasteiger partial charge in [-0.1, -0.05) is 38.5 Å². The van der Waals surface area contributed by atoms with Crippen LogP contribution in [0.4, 0.5) is 0 Å².